The summed E-state index contributed by atoms with van der Waals surface area (Å²) in [6.07, 6.45) is 1.81. The summed E-state index contributed by atoms with van der Waals surface area (Å²) in [5.41, 5.74) is 8.38. The van der Waals surface area contributed by atoms with Gasteiger partial charge in [0.1, 0.15) is 0 Å². The molecule has 0 aliphatic rings. The van der Waals surface area contributed by atoms with Gasteiger partial charge in [-0.05, 0) is 63.5 Å². The molecule has 182 valence electrons. The third kappa shape index (κ3) is 3.44. The van der Waals surface area contributed by atoms with Crippen LogP contribution in [0.2, 0.25) is 0 Å². The first-order valence-corrected chi connectivity index (χ1v) is 13.2. The van der Waals surface area contributed by atoms with Crippen molar-refractivity contribution in [2.24, 2.45) is 0 Å². The number of fused-ring (bicyclic) bond motifs is 7. The third-order valence-corrected chi connectivity index (χ3v) is 7.64. The Kier molecular flexibility index (Phi) is 4.82. The Morgan fingerprint density at radius 1 is 0.462 bits per heavy atom. The molecule has 0 radical (unpaired) electrons. The molecule has 0 fully saturated rings. The van der Waals surface area contributed by atoms with Gasteiger partial charge in [0.15, 0.2) is 0 Å². The van der Waals surface area contributed by atoms with Crippen LogP contribution in [0.3, 0.4) is 0 Å². The first-order chi connectivity index (χ1) is 19.3. The third-order valence-electron chi connectivity index (χ3n) is 7.64. The summed E-state index contributed by atoms with van der Waals surface area (Å²) in [4.78, 5) is 13.5. The van der Waals surface area contributed by atoms with E-state index in [1.807, 2.05) is 30.5 Å². The van der Waals surface area contributed by atoms with E-state index in [0.29, 0.717) is 0 Å². The van der Waals surface area contributed by atoms with Crippen molar-refractivity contribution >= 4 is 43.4 Å². The SMILES string of the molecule is c1ccc(-c2cc3ccccc3c3c2[nH]c2c(-c4cccc(-c5ccccn5)n4)cc4ccccc4c23)cc1. The lowest BCUT2D eigenvalue weighted by atomic mass is 9.93. The number of H-pyrrole nitrogens is 1. The monoisotopic (exact) mass is 497 g/mol. The van der Waals surface area contributed by atoms with Crippen LogP contribution in [0.15, 0.2) is 134 Å². The van der Waals surface area contributed by atoms with E-state index in [1.165, 1.54) is 43.4 Å². The lowest BCUT2D eigenvalue weighted by Crippen LogP contribution is -1.91. The number of aromatic amines is 1. The molecule has 3 heterocycles. The van der Waals surface area contributed by atoms with E-state index in [-0.39, 0.29) is 0 Å². The fraction of sp³-hybridized carbons (Fsp3) is 0. The topological polar surface area (TPSA) is 41.6 Å². The van der Waals surface area contributed by atoms with Crippen molar-refractivity contribution in [3.8, 4) is 33.8 Å². The molecule has 3 heteroatoms. The zero-order valence-corrected chi connectivity index (χ0v) is 21.1. The quantitative estimate of drug-likeness (QED) is 0.264. The van der Waals surface area contributed by atoms with Crippen LogP contribution >= 0.6 is 0 Å². The standard InChI is InChI=1S/C36H23N3/c1-2-11-23(12-3-1)28-21-24-13-4-6-15-26(24)33-34-27-16-7-5-14-25(27)22-29(36(34)39-35(28)33)30-18-10-19-32(38-30)31-17-8-9-20-37-31/h1-22,39H. The molecule has 8 aromatic rings. The Bertz CT molecular complexity index is 2160. The summed E-state index contributed by atoms with van der Waals surface area (Å²) in [5.74, 6) is 0. The second-order valence-corrected chi connectivity index (χ2v) is 9.90. The molecule has 5 aromatic carbocycles. The molecule has 0 spiro atoms. The predicted octanol–water partition coefficient (Wildman–Crippen LogP) is 9.42. The number of rotatable bonds is 3. The molecule has 0 aliphatic carbocycles. The molecular formula is C36H23N3. The van der Waals surface area contributed by atoms with Gasteiger partial charge in [-0.3, -0.25) is 4.98 Å². The van der Waals surface area contributed by atoms with Crippen LogP contribution in [-0.2, 0) is 0 Å². The molecule has 0 saturated heterocycles. The maximum atomic E-state index is 5.10. The highest BCUT2D eigenvalue weighted by molar-refractivity contribution is 6.32. The number of benzene rings is 5. The summed E-state index contributed by atoms with van der Waals surface area (Å²) < 4.78 is 0. The highest BCUT2D eigenvalue weighted by atomic mass is 14.8. The predicted molar refractivity (Wildman–Crippen MR) is 163 cm³/mol. The maximum absolute atomic E-state index is 5.10. The molecule has 8 rings (SSSR count). The van der Waals surface area contributed by atoms with Gasteiger partial charge in [-0.25, -0.2) is 4.98 Å². The molecule has 0 aliphatic heterocycles. The minimum atomic E-state index is 0.862. The zero-order chi connectivity index (χ0) is 25.8. The minimum Gasteiger partial charge on any atom is -0.353 e. The van der Waals surface area contributed by atoms with E-state index < -0.39 is 0 Å². The molecule has 0 atom stereocenters. The maximum Gasteiger partial charge on any atom is 0.0893 e. The number of nitrogens with zero attached hydrogens (tertiary/aromatic N) is 2. The normalized spacial score (nSPS) is 11.6. The van der Waals surface area contributed by atoms with Gasteiger partial charge in [-0.15, -0.1) is 0 Å². The van der Waals surface area contributed by atoms with Gasteiger partial charge < -0.3 is 4.98 Å². The van der Waals surface area contributed by atoms with Gasteiger partial charge in [0, 0.05) is 28.1 Å². The van der Waals surface area contributed by atoms with E-state index in [2.05, 4.69) is 113 Å². The van der Waals surface area contributed by atoms with E-state index in [9.17, 15) is 0 Å². The van der Waals surface area contributed by atoms with Crippen LogP contribution in [0, 0.1) is 0 Å². The lowest BCUT2D eigenvalue weighted by Gasteiger charge is -2.10. The molecule has 0 saturated carbocycles. The van der Waals surface area contributed by atoms with Gasteiger partial charge >= 0.3 is 0 Å². The van der Waals surface area contributed by atoms with Crippen LogP contribution in [0.5, 0.6) is 0 Å². The Balaban J connectivity index is 1.54. The first-order valence-electron chi connectivity index (χ1n) is 13.2. The van der Waals surface area contributed by atoms with Crippen molar-refractivity contribution in [2.75, 3.05) is 0 Å². The molecule has 39 heavy (non-hydrogen) atoms. The van der Waals surface area contributed by atoms with Crippen LogP contribution in [0.1, 0.15) is 0 Å². The van der Waals surface area contributed by atoms with Crippen LogP contribution in [0.25, 0.3) is 77.1 Å². The minimum absolute atomic E-state index is 0.862. The largest absolute Gasteiger partial charge is 0.353 e. The molecule has 1 N–H and O–H groups in total. The van der Waals surface area contributed by atoms with Gasteiger partial charge in [-0.1, -0.05) is 91.0 Å². The van der Waals surface area contributed by atoms with Gasteiger partial charge in [0.2, 0.25) is 0 Å². The smallest absolute Gasteiger partial charge is 0.0893 e. The Morgan fingerprint density at radius 3 is 1.77 bits per heavy atom. The summed E-state index contributed by atoms with van der Waals surface area (Å²) in [6.45, 7) is 0. The van der Waals surface area contributed by atoms with E-state index in [0.717, 1.165) is 33.7 Å². The van der Waals surface area contributed by atoms with Crippen molar-refractivity contribution in [3.05, 3.63) is 134 Å². The molecule has 0 unspecified atom stereocenters. The average Bonchev–Trinajstić information content (AvgIpc) is 3.43. The Labute approximate surface area is 225 Å². The number of aromatic nitrogens is 3. The number of hydrogen-bond acceptors (Lipinski definition) is 2. The molecule has 0 amide bonds. The zero-order valence-electron chi connectivity index (χ0n) is 21.1. The van der Waals surface area contributed by atoms with Crippen molar-refractivity contribution in [1.29, 1.82) is 0 Å². The van der Waals surface area contributed by atoms with Crippen molar-refractivity contribution in [1.82, 2.24) is 15.0 Å². The van der Waals surface area contributed by atoms with Crippen LogP contribution in [-0.4, -0.2) is 15.0 Å². The van der Waals surface area contributed by atoms with Gasteiger partial charge in [0.05, 0.1) is 28.1 Å². The number of pyridine rings is 2. The summed E-state index contributed by atoms with van der Waals surface area (Å²) >= 11 is 0. The number of nitrogens with one attached hydrogen (secondary N) is 1. The van der Waals surface area contributed by atoms with Crippen molar-refractivity contribution in [2.45, 2.75) is 0 Å². The van der Waals surface area contributed by atoms with E-state index in [4.69, 9.17) is 4.98 Å². The average molecular weight is 498 g/mol. The Morgan fingerprint density at radius 2 is 1.05 bits per heavy atom. The highest BCUT2D eigenvalue weighted by Crippen LogP contribution is 2.44. The van der Waals surface area contributed by atoms with Crippen molar-refractivity contribution < 1.29 is 0 Å². The molecular weight excluding hydrogens is 474 g/mol. The summed E-state index contributed by atoms with van der Waals surface area (Å²) in [6, 6.07) is 44.7. The second-order valence-electron chi connectivity index (χ2n) is 9.90. The number of hydrogen-bond donors (Lipinski definition) is 1. The molecule has 3 nitrogen and oxygen atoms in total. The Hall–Kier alpha value is -5.28. The second kappa shape index (κ2) is 8.64. The van der Waals surface area contributed by atoms with Crippen molar-refractivity contribution in [3.63, 3.8) is 0 Å². The lowest BCUT2D eigenvalue weighted by molar-refractivity contribution is 1.25. The first kappa shape index (κ1) is 21.8. The van der Waals surface area contributed by atoms with E-state index in [1.54, 1.807) is 0 Å². The van der Waals surface area contributed by atoms with Crippen LogP contribution in [0.4, 0.5) is 0 Å². The summed E-state index contributed by atoms with van der Waals surface area (Å²) in [7, 11) is 0. The fourth-order valence-electron chi connectivity index (χ4n) is 5.89. The van der Waals surface area contributed by atoms with Crippen LogP contribution < -0.4 is 0 Å². The van der Waals surface area contributed by atoms with E-state index >= 15 is 0 Å². The van der Waals surface area contributed by atoms with Gasteiger partial charge in [-0.2, -0.15) is 0 Å². The highest BCUT2D eigenvalue weighted by Gasteiger charge is 2.19. The molecule has 0 bridgehead atoms. The molecule has 3 aromatic heterocycles. The fourth-order valence-corrected chi connectivity index (χ4v) is 5.89. The van der Waals surface area contributed by atoms with Gasteiger partial charge in [0.25, 0.3) is 0 Å². The summed E-state index contributed by atoms with van der Waals surface area (Å²) in [5, 5.41) is 7.39.